The molecule has 10 nitrogen and oxygen atoms in total. The number of anilines is 4. The first kappa shape index (κ1) is 33.0. The van der Waals surface area contributed by atoms with Crippen LogP contribution in [0, 0.1) is 0 Å². The first-order chi connectivity index (χ1) is 20.2. The van der Waals surface area contributed by atoms with Gasteiger partial charge in [-0.2, -0.15) is 0 Å². The number of nitrogens with two attached hydrogens (primary N) is 1. The van der Waals surface area contributed by atoms with Crippen molar-refractivity contribution < 1.29 is 19.1 Å². The van der Waals surface area contributed by atoms with Crippen LogP contribution in [0.4, 0.5) is 37.1 Å². The highest BCUT2D eigenvalue weighted by Crippen LogP contribution is 2.32. The van der Waals surface area contributed by atoms with Gasteiger partial charge >= 0.3 is 18.2 Å². The molecule has 4 rings (SSSR count). The Morgan fingerprint density at radius 2 is 1.19 bits per heavy atom. The Bertz CT molecular complexity index is 1530. The lowest BCUT2D eigenvalue weighted by Gasteiger charge is -2.21. The standard InChI is InChI=1S/C18H23N3O3S.C13H15N3OS/c1-18(2,3)24-17(23)20-13-9-8-12(15-7-6-10-25-15)11-14(13)19-16(22)21(4)5;1-16(2)13(17)15-11-8-9(5-6-10(11)14)12-4-3-7-18-12/h6-11H,1-5H3,(H,19,22)(H,20,23);3-8H,14H2,1-2H3,(H,15,17). The van der Waals surface area contributed by atoms with Gasteiger partial charge in [0, 0.05) is 37.9 Å². The molecule has 0 unspecified atom stereocenters. The van der Waals surface area contributed by atoms with Crippen molar-refractivity contribution >= 4 is 63.6 Å². The molecular formula is C31H38N6O4S2. The predicted octanol–water partition coefficient (Wildman–Crippen LogP) is 7.95. The lowest BCUT2D eigenvalue weighted by Crippen LogP contribution is -2.29. The lowest BCUT2D eigenvalue weighted by molar-refractivity contribution is 0.0636. The number of rotatable bonds is 5. The van der Waals surface area contributed by atoms with E-state index in [0.717, 1.165) is 20.9 Å². The van der Waals surface area contributed by atoms with E-state index in [0.29, 0.717) is 22.7 Å². The summed E-state index contributed by atoms with van der Waals surface area (Å²) in [7, 11) is 6.68. The minimum Gasteiger partial charge on any atom is -0.444 e. The molecule has 0 bridgehead atoms. The summed E-state index contributed by atoms with van der Waals surface area (Å²) in [5.41, 5.74) is 9.45. The van der Waals surface area contributed by atoms with Crippen molar-refractivity contribution in [1.29, 1.82) is 0 Å². The van der Waals surface area contributed by atoms with Gasteiger partial charge < -0.3 is 30.9 Å². The Labute approximate surface area is 260 Å². The highest BCUT2D eigenvalue weighted by atomic mass is 32.1. The molecule has 5 amide bonds. The van der Waals surface area contributed by atoms with Gasteiger partial charge in [-0.25, -0.2) is 14.4 Å². The van der Waals surface area contributed by atoms with E-state index in [9.17, 15) is 14.4 Å². The average Bonchev–Trinajstić information content (AvgIpc) is 3.65. The summed E-state index contributed by atoms with van der Waals surface area (Å²) in [5.74, 6) is 0. The molecule has 2 aromatic heterocycles. The molecular weight excluding hydrogens is 585 g/mol. The van der Waals surface area contributed by atoms with Crippen molar-refractivity contribution in [2.45, 2.75) is 26.4 Å². The summed E-state index contributed by atoms with van der Waals surface area (Å²) in [5, 5.41) is 12.3. The van der Waals surface area contributed by atoms with Crippen LogP contribution in [-0.4, -0.2) is 61.7 Å². The van der Waals surface area contributed by atoms with Gasteiger partial charge in [-0.3, -0.25) is 5.32 Å². The van der Waals surface area contributed by atoms with Gasteiger partial charge in [0.05, 0.1) is 22.7 Å². The number of carbonyl (C=O) groups excluding carboxylic acids is 3. The predicted molar refractivity (Wildman–Crippen MR) is 179 cm³/mol. The molecule has 0 saturated heterocycles. The van der Waals surface area contributed by atoms with Crippen LogP contribution < -0.4 is 21.7 Å². The summed E-state index contributed by atoms with van der Waals surface area (Å²) < 4.78 is 5.28. The number of thiophene rings is 2. The molecule has 0 saturated carbocycles. The molecule has 0 aliphatic rings. The maximum Gasteiger partial charge on any atom is 0.412 e. The minimum absolute atomic E-state index is 0.190. The molecule has 0 atom stereocenters. The fourth-order valence-electron chi connectivity index (χ4n) is 3.48. The Hall–Kier alpha value is -4.55. The van der Waals surface area contributed by atoms with Gasteiger partial charge in [-0.05, 0) is 79.1 Å². The van der Waals surface area contributed by atoms with Gasteiger partial charge in [0.2, 0.25) is 0 Å². The molecule has 0 aliphatic heterocycles. The van der Waals surface area contributed by atoms with Gasteiger partial charge in [-0.1, -0.05) is 24.3 Å². The van der Waals surface area contributed by atoms with E-state index in [1.54, 1.807) is 83.8 Å². The number of urea groups is 2. The number of hydrogen-bond donors (Lipinski definition) is 4. The van der Waals surface area contributed by atoms with Crippen LogP contribution in [-0.2, 0) is 4.74 Å². The topological polar surface area (TPSA) is 129 Å². The van der Waals surface area contributed by atoms with Crippen molar-refractivity contribution in [3.05, 3.63) is 71.4 Å². The van der Waals surface area contributed by atoms with Crippen LogP contribution in [0.5, 0.6) is 0 Å². The second-order valence-corrected chi connectivity index (χ2v) is 12.7. The SMILES string of the molecule is CN(C)C(=O)Nc1cc(-c2cccs2)ccc1N.CN(C)C(=O)Nc1cc(-c2cccs2)ccc1NC(=O)OC(C)(C)C. The molecule has 0 fully saturated rings. The molecule has 4 aromatic rings. The largest absolute Gasteiger partial charge is 0.444 e. The van der Waals surface area contributed by atoms with E-state index in [4.69, 9.17) is 10.5 Å². The van der Waals surface area contributed by atoms with Crippen LogP contribution in [0.15, 0.2) is 71.4 Å². The highest BCUT2D eigenvalue weighted by Gasteiger charge is 2.18. The molecule has 0 aliphatic carbocycles. The minimum atomic E-state index is -0.603. The van der Waals surface area contributed by atoms with E-state index in [-0.39, 0.29) is 12.1 Å². The number of amides is 5. The number of hydrogen-bond acceptors (Lipinski definition) is 7. The zero-order chi connectivity index (χ0) is 31.7. The maximum atomic E-state index is 12.1. The van der Waals surface area contributed by atoms with Crippen molar-refractivity contribution in [3.8, 4) is 20.9 Å². The summed E-state index contributed by atoms with van der Waals surface area (Å²) >= 11 is 3.25. The zero-order valence-electron chi connectivity index (χ0n) is 25.3. The van der Waals surface area contributed by atoms with Gasteiger partial charge in [0.15, 0.2) is 0 Å². The number of nitrogens with one attached hydrogen (secondary N) is 3. The van der Waals surface area contributed by atoms with Crippen LogP contribution in [0.2, 0.25) is 0 Å². The lowest BCUT2D eigenvalue weighted by atomic mass is 10.1. The third-order valence-electron chi connectivity index (χ3n) is 5.62. The van der Waals surface area contributed by atoms with Crippen LogP contribution in [0.3, 0.4) is 0 Å². The highest BCUT2D eigenvalue weighted by molar-refractivity contribution is 7.13. The van der Waals surface area contributed by atoms with Crippen molar-refractivity contribution in [3.63, 3.8) is 0 Å². The fourth-order valence-corrected chi connectivity index (χ4v) is 4.93. The number of ether oxygens (including phenoxy) is 1. The third kappa shape index (κ3) is 10.0. The summed E-state index contributed by atoms with van der Waals surface area (Å²) in [6.45, 7) is 5.38. The van der Waals surface area contributed by atoms with Crippen molar-refractivity contribution in [2.24, 2.45) is 0 Å². The van der Waals surface area contributed by atoms with E-state index in [2.05, 4.69) is 16.0 Å². The normalized spacial score (nSPS) is 10.6. The molecule has 2 heterocycles. The van der Waals surface area contributed by atoms with E-state index >= 15 is 0 Å². The number of carbonyl (C=O) groups is 3. The molecule has 0 radical (unpaired) electrons. The Morgan fingerprint density at radius 3 is 1.65 bits per heavy atom. The van der Waals surface area contributed by atoms with Crippen molar-refractivity contribution in [2.75, 3.05) is 49.9 Å². The summed E-state index contributed by atoms with van der Waals surface area (Å²) in [6, 6.07) is 18.6. The fraction of sp³-hybridized carbons (Fsp3) is 0.258. The first-order valence-electron chi connectivity index (χ1n) is 13.3. The smallest absolute Gasteiger partial charge is 0.412 e. The molecule has 12 heteroatoms. The summed E-state index contributed by atoms with van der Waals surface area (Å²) in [4.78, 5) is 40.9. The molecule has 228 valence electrons. The molecule has 2 aromatic carbocycles. The number of nitrogen functional groups attached to an aromatic ring is 1. The first-order valence-corrected chi connectivity index (χ1v) is 15.1. The Morgan fingerprint density at radius 1 is 0.698 bits per heavy atom. The Kier molecular flexibility index (Phi) is 11.2. The molecule has 0 spiro atoms. The van der Waals surface area contributed by atoms with Gasteiger partial charge in [0.1, 0.15) is 5.60 Å². The monoisotopic (exact) mass is 622 g/mol. The van der Waals surface area contributed by atoms with E-state index < -0.39 is 11.7 Å². The van der Waals surface area contributed by atoms with Crippen LogP contribution >= 0.6 is 22.7 Å². The third-order valence-corrected chi connectivity index (χ3v) is 7.45. The second kappa shape index (κ2) is 14.6. The van der Waals surface area contributed by atoms with Gasteiger partial charge in [0.25, 0.3) is 0 Å². The van der Waals surface area contributed by atoms with Gasteiger partial charge in [-0.15, -0.1) is 22.7 Å². The van der Waals surface area contributed by atoms with Crippen LogP contribution in [0.25, 0.3) is 20.9 Å². The van der Waals surface area contributed by atoms with E-state index in [1.165, 1.54) is 9.80 Å². The Balaban J connectivity index is 0.000000248. The van der Waals surface area contributed by atoms with E-state index in [1.807, 2.05) is 59.3 Å². The van der Waals surface area contributed by atoms with Crippen molar-refractivity contribution in [1.82, 2.24) is 9.80 Å². The molecule has 43 heavy (non-hydrogen) atoms. The summed E-state index contributed by atoms with van der Waals surface area (Å²) in [6.07, 6.45) is -0.572. The average molecular weight is 623 g/mol. The quantitative estimate of drug-likeness (QED) is 0.168. The molecule has 5 N–H and O–H groups in total. The van der Waals surface area contributed by atoms with Crippen LogP contribution in [0.1, 0.15) is 20.8 Å². The maximum absolute atomic E-state index is 12.1. The zero-order valence-corrected chi connectivity index (χ0v) is 27.0. The number of nitrogens with zero attached hydrogens (tertiary/aromatic N) is 2. The second-order valence-electron chi connectivity index (χ2n) is 10.8. The number of benzene rings is 2.